The second kappa shape index (κ2) is 8.45. The van der Waals surface area contributed by atoms with Crippen LogP contribution in [0.4, 0.5) is 11.5 Å². The van der Waals surface area contributed by atoms with Crippen LogP contribution in [0.25, 0.3) is 10.2 Å². The van der Waals surface area contributed by atoms with Gasteiger partial charge in [-0.3, -0.25) is 0 Å². The fourth-order valence-electron chi connectivity index (χ4n) is 8.97. The van der Waals surface area contributed by atoms with Gasteiger partial charge >= 0.3 is 5.97 Å². The number of nitrogens with two attached hydrogens (primary N) is 2. The van der Waals surface area contributed by atoms with Crippen molar-refractivity contribution >= 4 is 39.0 Å². The topological polar surface area (TPSA) is 111 Å². The Morgan fingerprint density at radius 3 is 2.78 bits per heavy atom. The minimum atomic E-state index is -0.495. The second-order valence-corrected chi connectivity index (χ2v) is 13.1. The summed E-state index contributed by atoms with van der Waals surface area (Å²) in [6.45, 7) is 7.04. The molecule has 0 amide bonds. The normalized spacial score (nSPS) is 37.7. The quantitative estimate of drug-likeness (QED) is 0.343. The molecule has 6 rings (SSSR count). The lowest BCUT2D eigenvalue weighted by Gasteiger charge is -2.58. The largest absolute Gasteiger partial charge is 0.462 e. The van der Waals surface area contributed by atoms with Crippen LogP contribution in [0.2, 0.25) is 0 Å². The Hall–Kier alpha value is -2.12. The molecule has 2 aromatic rings. The van der Waals surface area contributed by atoms with Crippen molar-refractivity contribution < 1.29 is 14.6 Å². The van der Waals surface area contributed by atoms with Gasteiger partial charge in [-0.1, -0.05) is 25.5 Å². The molecule has 0 aliphatic heterocycles. The van der Waals surface area contributed by atoms with Crippen LogP contribution in [0.1, 0.15) is 94.0 Å². The zero-order chi connectivity index (χ0) is 25.4. The highest BCUT2D eigenvalue weighted by atomic mass is 32.1. The number of hydrogen-bond acceptors (Lipinski definition) is 7. The number of ether oxygens (including phenoxy) is 1. The zero-order valence-corrected chi connectivity index (χ0v) is 22.5. The summed E-state index contributed by atoms with van der Waals surface area (Å²) in [5.41, 5.74) is 16.6. The molecule has 2 heterocycles. The van der Waals surface area contributed by atoms with Gasteiger partial charge in [0, 0.05) is 5.39 Å². The van der Waals surface area contributed by atoms with Gasteiger partial charge in [0.25, 0.3) is 0 Å². The van der Waals surface area contributed by atoms with E-state index in [4.69, 9.17) is 16.2 Å². The Labute approximate surface area is 217 Å². The summed E-state index contributed by atoms with van der Waals surface area (Å²) in [4.78, 5) is 18.0. The third-order valence-electron chi connectivity index (χ3n) is 10.7. The molecule has 6 nitrogen and oxygen atoms in total. The third kappa shape index (κ3) is 3.31. The van der Waals surface area contributed by atoms with Crippen molar-refractivity contribution in [3.8, 4) is 0 Å². The molecule has 194 valence electrons. The molecule has 0 bridgehead atoms. The predicted octanol–water partition coefficient (Wildman–Crippen LogP) is 6.04. The summed E-state index contributed by atoms with van der Waals surface area (Å²) in [5, 5.41) is 13.4. The molecule has 36 heavy (non-hydrogen) atoms. The van der Waals surface area contributed by atoms with E-state index >= 15 is 0 Å². The summed E-state index contributed by atoms with van der Waals surface area (Å²) in [5.74, 6) is 2.13. The first kappa shape index (κ1) is 24.2. The van der Waals surface area contributed by atoms with Crippen LogP contribution in [-0.2, 0) is 4.74 Å². The predicted molar refractivity (Wildman–Crippen MR) is 145 cm³/mol. The van der Waals surface area contributed by atoms with Crippen molar-refractivity contribution in [3.63, 3.8) is 0 Å². The van der Waals surface area contributed by atoms with E-state index in [0.717, 1.165) is 42.3 Å². The fourth-order valence-corrected chi connectivity index (χ4v) is 9.99. The van der Waals surface area contributed by atoms with E-state index in [-0.39, 0.29) is 34.9 Å². The molecule has 5 N–H and O–H groups in total. The number of anilines is 2. The zero-order valence-electron chi connectivity index (χ0n) is 21.7. The van der Waals surface area contributed by atoms with Crippen LogP contribution in [-0.4, -0.2) is 28.8 Å². The van der Waals surface area contributed by atoms with E-state index in [1.165, 1.54) is 30.4 Å². The highest BCUT2D eigenvalue weighted by Crippen LogP contribution is 2.68. The SMILES string of the molecule is CCOC(=O)c1c(N)nc2scc([C@H]3CC[C@H]4[C@@H]5CC=C6C[C@@H](O)CC[C@]6(C)[C@H]5CC[C@]34C)c2c1N. The summed E-state index contributed by atoms with van der Waals surface area (Å²) in [6, 6.07) is 0. The average Bonchev–Trinajstić information content (AvgIpc) is 3.40. The molecule has 2 aromatic heterocycles. The van der Waals surface area contributed by atoms with Gasteiger partial charge in [-0.25, -0.2) is 9.78 Å². The smallest absolute Gasteiger partial charge is 0.344 e. The number of hydrogen-bond donors (Lipinski definition) is 3. The Bertz CT molecular complexity index is 1250. The number of thiophene rings is 1. The Balaban J connectivity index is 1.37. The standard InChI is InChI=1S/C29H39N3O3S/c1-4-35-27(34)23-24(30)22-18(14-36-26(22)32-25(23)31)20-8-7-19-17-6-5-15-13-16(33)9-11-28(15,2)21(17)10-12-29(19,20)3/h5,14,16-17,19-21,33H,4,6-13H2,1-3H3,(H4,30,31,32)/t16-,17-,19-,20+,21-,28-,29-/m0/s1. The molecule has 0 unspecified atom stereocenters. The second-order valence-electron chi connectivity index (χ2n) is 12.2. The van der Waals surface area contributed by atoms with Gasteiger partial charge in [0.2, 0.25) is 0 Å². The number of aliphatic hydroxyl groups excluding tert-OH is 1. The molecule has 7 atom stereocenters. The summed E-state index contributed by atoms with van der Waals surface area (Å²) >= 11 is 1.58. The van der Waals surface area contributed by atoms with E-state index in [1.807, 2.05) is 0 Å². The average molecular weight is 510 g/mol. The van der Waals surface area contributed by atoms with E-state index < -0.39 is 5.97 Å². The van der Waals surface area contributed by atoms with Gasteiger partial charge in [-0.15, -0.1) is 11.3 Å². The Morgan fingerprint density at radius 1 is 1.19 bits per heavy atom. The molecule has 4 aliphatic rings. The van der Waals surface area contributed by atoms with Gasteiger partial charge in [-0.2, -0.15) is 0 Å². The molecule has 7 heteroatoms. The Kier molecular flexibility index (Phi) is 5.69. The molecule has 3 saturated carbocycles. The van der Waals surface area contributed by atoms with Gasteiger partial charge in [0.05, 0.1) is 18.4 Å². The van der Waals surface area contributed by atoms with Crippen molar-refractivity contribution in [2.24, 2.45) is 28.6 Å². The van der Waals surface area contributed by atoms with Crippen LogP contribution in [0.3, 0.4) is 0 Å². The molecular formula is C29H39N3O3S. The molecule has 0 spiro atoms. The lowest BCUT2D eigenvalue weighted by Crippen LogP contribution is -2.50. The molecule has 4 aliphatic carbocycles. The maximum atomic E-state index is 12.7. The van der Waals surface area contributed by atoms with Crippen molar-refractivity contribution in [3.05, 3.63) is 28.2 Å². The number of allylic oxidation sites excluding steroid dienone is 1. The lowest BCUT2D eigenvalue weighted by molar-refractivity contribution is -0.0408. The number of carbonyl (C=O) groups excluding carboxylic acids is 1. The number of nitrogen functional groups attached to an aromatic ring is 2. The first-order valence-corrected chi connectivity index (χ1v) is 14.6. The molecule has 0 saturated heterocycles. The van der Waals surface area contributed by atoms with Crippen LogP contribution < -0.4 is 11.5 Å². The van der Waals surface area contributed by atoms with Crippen LogP contribution in [0, 0.1) is 28.6 Å². The summed E-state index contributed by atoms with van der Waals surface area (Å²) < 4.78 is 5.25. The van der Waals surface area contributed by atoms with Gasteiger partial charge in [0.1, 0.15) is 16.2 Å². The number of fused-ring (bicyclic) bond motifs is 6. The minimum absolute atomic E-state index is 0.151. The molecule has 0 aromatic carbocycles. The number of aliphatic hydroxyl groups is 1. The van der Waals surface area contributed by atoms with Gasteiger partial charge in [-0.05, 0) is 104 Å². The Morgan fingerprint density at radius 2 is 2.00 bits per heavy atom. The fraction of sp³-hybridized carbons (Fsp3) is 0.655. The first-order chi connectivity index (χ1) is 17.2. The maximum absolute atomic E-state index is 12.7. The number of aromatic nitrogens is 1. The van der Waals surface area contributed by atoms with Crippen molar-refractivity contribution in [1.29, 1.82) is 0 Å². The number of carbonyl (C=O) groups is 1. The third-order valence-corrected chi connectivity index (χ3v) is 11.6. The summed E-state index contributed by atoms with van der Waals surface area (Å²) in [6.07, 6.45) is 11.2. The molecule has 3 fully saturated rings. The first-order valence-electron chi connectivity index (χ1n) is 13.7. The lowest BCUT2D eigenvalue weighted by atomic mass is 9.47. The number of rotatable bonds is 3. The minimum Gasteiger partial charge on any atom is -0.462 e. The van der Waals surface area contributed by atoms with Crippen molar-refractivity contribution in [1.82, 2.24) is 4.98 Å². The van der Waals surface area contributed by atoms with E-state index in [1.54, 1.807) is 18.3 Å². The van der Waals surface area contributed by atoms with Crippen LogP contribution >= 0.6 is 11.3 Å². The monoisotopic (exact) mass is 509 g/mol. The van der Waals surface area contributed by atoms with E-state index in [0.29, 0.717) is 29.4 Å². The molecule has 0 radical (unpaired) electrons. The van der Waals surface area contributed by atoms with Gasteiger partial charge in [0.15, 0.2) is 0 Å². The van der Waals surface area contributed by atoms with Crippen molar-refractivity contribution in [2.75, 3.05) is 18.1 Å². The van der Waals surface area contributed by atoms with E-state index in [2.05, 4.69) is 30.3 Å². The molecular weight excluding hydrogens is 470 g/mol. The van der Waals surface area contributed by atoms with Crippen LogP contribution in [0.5, 0.6) is 0 Å². The van der Waals surface area contributed by atoms with Gasteiger partial charge < -0.3 is 21.3 Å². The highest BCUT2D eigenvalue weighted by Gasteiger charge is 2.59. The maximum Gasteiger partial charge on any atom is 0.344 e. The summed E-state index contributed by atoms with van der Waals surface area (Å²) in [7, 11) is 0. The number of nitrogens with zero attached hydrogens (tertiary/aromatic N) is 1. The van der Waals surface area contributed by atoms with Crippen molar-refractivity contribution in [2.45, 2.75) is 84.2 Å². The highest BCUT2D eigenvalue weighted by molar-refractivity contribution is 7.17. The number of esters is 1. The van der Waals surface area contributed by atoms with Crippen LogP contribution in [0.15, 0.2) is 17.0 Å². The van der Waals surface area contributed by atoms with E-state index in [9.17, 15) is 9.90 Å². The number of pyridine rings is 1.